The third-order valence-electron chi connectivity index (χ3n) is 3.60. The molecule has 19 heavy (non-hydrogen) atoms. The molecule has 0 saturated carbocycles. The summed E-state index contributed by atoms with van der Waals surface area (Å²) in [6, 6.07) is 6.83. The van der Waals surface area contributed by atoms with Crippen molar-refractivity contribution in [1.29, 1.82) is 0 Å². The topological polar surface area (TPSA) is 30.5 Å². The van der Waals surface area contributed by atoms with Gasteiger partial charge in [-0.1, -0.05) is 26.8 Å². The van der Waals surface area contributed by atoms with Crippen molar-refractivity contribution in [2.24, 2.45) is 0 Å². The summed E-state index contributed by atoms with van der Waals surface area (Å²) >= 11 is 0. The summed E-state index contributed by atoms with van der Waals surface area (Å²) < 4.78 is 11.4. The van der Waals surface area contributed by atoms with E-state index in [2.05, 4.69) is 51.2 Å². The molecule has 106 valence electrons. The van der Waals surface area contributed by atoms with Crippen molar-refractivity contribution >= 4 is 0 Å². The molecular weight excluding hydrogens is 238 g/mol. The Labute approximate surface area is 116 Å². The van der Waals surface area contributed by atoms with Crippen LogP contribution < -0.4 is 10.1 Å². The smallest absolute Gasteiger partial charge is 0.122 e. The first-order valence-electron chi connectivity index (χ1n) is 6.95. The SMILES string of the molecule is COc1ccc(C2CNC(C)CO2)cc1C(C)(C)C. The van der Waals surface area contributed by atoms with Crippen LogP contribution in [0.5, 0.6) is 5.75 Å². The van der Waals surface area contributed by atoms with Gasteiger partial charge in [-0.15, -0.1) is 0 Å². The molecule has 0 aromatic heterocycles. The van der Waals surface area contributed by atoms with Crippen molar-refractivity contribution in [1.82, 2.24) is 5.32 Å². The lowest BCUT2D eigenvalue weighted by molar-refractivity contribution is 0.00686. The second kappa shape index (κ2) is 5.51. The summed E-state index contributed by atoms with van der Waals surface area (Å²) in [5, 5.41) is 3.46. The first-order valence-corrected chi connectivity index (χ1v) is 6.95. The molecule has 3 heteroatoms. The van der Waals surface area contributed by atoms with E-state index in [-0.39, 0.29) is 11.5 Å². The van der Waals surface area contributed by atoms with Crippen molar-refractivity contribution in [3.05, 3.63) is 29.3 Å². The first kappa shape index (κ1) is 14.4. The molecule has 2 atom stereocenters. The third-order valence-corrected chi connectivity index (χ3v) is 3.60. The maximum atomic E-state index is 5.91. The monoisotopic (exact) mass is 263 g/mol. The number of rotatable bonds is 2. The molecule has 3 nitrogen and oxygen atoms in total. The van der Waals surface area contributed by atoms with Gasteiger partial charge in [0.1, 0.15) is 5.75 Å². The number of hydrogen-bond donors (Lipinski definition) is 1. The van der Waals surface area contributed by atoms with Gasteiger partial charge in [-0.25, -0.2) is 0 Å². The molecule has 2 rings (SSSR count). The van der Waals surface area contributed by atoms with Gasteiger partial charge in [-0.05, 0) is 35.6 Å². The molecule has 1 aliphatic rings. The highest BCUT2D eigenvalue weighted by molar-refractivity contribution is 5.42. The van der Waals surface area contributed by atoms with Gasteiger partial charge in [0.05, 0.1) is 19.8 Å². The van der Waals surface area contributed by atoms with E-state index in [9.17, 15) is 0 Å². The quantitative estimate of drug-likeness (QED) is 0.889. The van der Waals surface area contributed by atoms with E-state index >= 15 is 0 Å². The highest BCUT2D eigenvalue weighted by Crippen LogP contribution is 2.34. The fourth-order valence-electron chi connectivity index (χ4n) is 2.41. The molecular formula is C16H25NO2. The van der Waals surface area contributed by atoms with Gasteiger partial charge in [-0.2, -0.15) is 0 Å². The zero-order chi connectivity index (χ0) is 14.0. The number of morpholine rings is 1. The van der Waals surface area contributed by atoms with Crippen molar-refractivity contribution < 1.29 is 9.47 Å². The number of benzene rings is 1. The Morgan fingerprint density at radius 1 is 1.32 bits per heavy atom. The van der Waals surface area contributed by atoms with Crippen LogP contribution in [0.1, 0.15) is 44.9 Å². The molecule has 1 saturated heterocycles. The zero-order valence-corrected chi connectivity index (χ0v) is 12.6. The Balaban J connectivity index is 2.28. The van der Waals surface area contributed by atoms with Crippen LogP contribution in [0.15, 0.2) is 18.2 Å². The maximum absolute atomic E-state index is 5.91. The minimum atomic E-state index is 0.0662. The molecule has 0 radical (unpaired) electrons. The van der Waals surface area contributed by atoms with E-state index in [1.54, 1.807) is 7.11 Å². The van der Waals surface area contributed by atoms with Crippen LogP contribution in [-0.2, 0) is 10.2 Å². The van der Waals surface area contributed by atoms with E-state index in [0.717, 1.165) is 18.9 Å². The predicted molar refractivity (Wildman–Crippen MR) is 77.9 cm³/mol. The van der Waals surface area contributed by atoms with Crippen molar-refractivity contribution in [3.63, 3.8) is 0 Å². The fraction of sp³-hybridized carbons (Fsp3) is 0.625. The molecule has 1 heterocycles. The normalized spacial score (nSPS) is 24.3. The summed E-state index contributed by atoms with van der Waals surface area (Å²) in [7, 11) is 1.73. The summed E-state index contributed by atoms with van der Waals surface area (Å²) in [5.41, 5.74) is 2.52. The lowest BCUT2D eigenvalue weighted by Crippen LogP contribution is -2.40. The summed E-state index contributed by atoms with van der Waals surface area (Å²) in [6.45, 7) is 10.4. The zero-order valence-electron chi connectivity index (χ0n) is 12.6. The largest absolute Gasteiger partial charge is 0.496 e. The van der Waals surface area contributed by atoms with E-state index in [1.165, 1.54) is 11.1 Å². The Kier molecular flexibility index (Phi) is 4.16. The van der Waals surface area contributed by atoms with Crippen molar-refractivity contribution in [2.45, 2.75) is 45.3 Å². The molecule has 2 unspecified atom stereocenters. The summed E-state index contributed by atoms with van der Waals surface area (Å²) in [5.74, 6) is 0.952. The second-order valence-corrected chi connectivity index (χ2v) is 6.34. The van der Waals surface area contributed by atoms with Gasteiger partial charge in [0, 0.05) is 12.6 Å². The predicted octanol–water partition coefficient (Wildman–Crippen LogP) is 3.04. The van der Waals surface area contributed by atoms with Crippen LogP contribution in [0, 0.1) is 0 Å². The van der Waals surface area contributed by atoms with Crippen LogP contribution in [-0.4, -0.2) is 26.3 Å². The second-order valence-electron chi connectivity index (χ2n) is 6.34. The fourth-order valence-corrected chi connectivity index (χ4v) is 2.41. The third kappa shape index (κ3) is 3.28. The highest BCUT2D eigenvalue weighted by atomic mass is 16.5. The van der Waals surface area contributed by atoms with Gasteiger partial charge in [0.15, 0.2) is 0 Å². The van der Waals surface area contributed by atoms with Gasteiger partial charge in [0.25, 0.3) is 0 Å². The molecule has 0 spiro atoms. The number of hydrogen-bond acceptors (Lipinski definition) is 3. The number of methoxy groups -OCH3 is 1. The molecule has 0 aliphatic carbocycles. The number of nitrogens with one attached hydrogen (secondary N) is 1. The Morgan fingerprint density at radius 3 is 2.58 bits per heavy atom. The van der Waals surface area contributed by atoms with E-state index in [4.69, 9.17) is 9.47 Å². The van der Waals surface area contributed by atoms with Crippen LogP contribution >= 0.6 is 0 Å². The van der Waals surface area contributed by atoms with Crippen LogP contribution in [0.4, 0.5) is 0 Å². The average molecular weight is 263 g/mol. The molecule has 1 aromatic carbocycles. The minimum Gasteiger partial charge on any atom is -0.496 e. The van der Waals surface area contributed by atoms with Gasteiger partial charge in [0.2, 0.25) is 0 Å². The van der Waals surface area contributed by atoms with E-state index in [0.29, 0.717) is 6.04 Å². The molecule has 1 fully saturated rings. The highest BCUT2D eigenvalue weighted by Gasteiger charge is 2.24. The first-order chi connectivity index (χ1) is 8.91. The molecule has 1 aliphatic heterocycles. The van der Waals surface area contributed by atoms with Gasteiger partial charge in [-0.3, -0.25) is 0 Å². The standard InChI is InChI=1S/C16H25NO2/c1-11-10-19-15(9-17-11)12-6-7-14(18-5)13(8-12)16(2,3)4/h6-8,11,15,17H,9-10H2,1-5H3. The number of ether oxygens (including phenoxy) is 2. The Bertz CT molecular complexity index is 429. The molecule has 0 bridgehead atoms. The Hall–Kier alpha value is -1.06. The average Bonchev–Trinajstić information content (AvgIpc) is 2.38. The summed E-state index contributed by atoms with van der Waals surface area (Å²) in [4.78, 5) is 0. The van der Waals surface area contributed by atoms with Gasteiger partial charge >= 0.3 is 0 Å². The van der Waals surface area contributed by atoms with Crippen molar-refractivity contribution in [2.75, 3.05) is 20.3 Å². The minimum absolute atomic E-state index is 0.0662. The lowest BCUT2D eigenvalue weighted by atomic mass is 9.84. The van der Waals surface area contributed by atoms with Crippen LogP contribution in [0.3, 0.4) is 0 Å². The van der Waals surface area contributed by atoms with E-state index in [1.807, 2.05) is 0 Å². The molecule has 1 N–H and O–H groups in total. The van der Waals surface area contributed by atoms with Crippen LogP contribution in [0.2, 0.25) is 0 Å². The van der Waals surface area contributed by atoms with Crippen LogP contribution in [0.25, 0.3) is 0 Å². The Morgan fingerprint density at radius 2 is 2.05 bits per heavy atom. The van der Waals surface area contributed by atoms with E-state index < -0.39 is 0 Å². The maximum Gasteiger partial charge on any atom is 0.122 e. The van der Waals surface area contributed by atoms with Crippen molar-refractivity contribution in [3.8, 4) is 5.75 Å². The van der Waals surface area contributed by atoms with Gasteiger partial charge < -0.3 is 14.8 Å². The molecule has 1 aromatic rings. The molecule has 0 amide bonds. The lowest BCUT2D eigenvalue weighted by Gasteiger charge is -2.30. The summed E-state index contributed by atoms with van der Waals surface area (Å²) in [6.07, 6.45) is 0.142.